The third-order valence-corrected chi connectivity index (χ3v) is 12.5. The van der Waals surface area contributed by atoms with Crippen LogP contribution in [0.15, 0.2) is 193 Å². The van der Waals surface area contributed by atoms with Crippen LogP contribution >= 0.6 is 0 Å². The molecule has 12 rings (SSSR count). The average Bonchev–Trinajstić information content (AvgIpc) is 3.85. The highest BCUT2D eigenvalue weighted by Gasteiger charge is 2.44. The zero-order chi connectivity index (χ0) is 37.8. The zero-order valence-electron chi connectivity index (χ0n) is 31.7. The van der Waals surface area contributed by atoms with Crippen LogP contribution in [0.1, 0.15) is 36.7 Å². The lowest BCUT2D eigenvalue weighted by atomic mass is 9.83. The molecule has 57 heavy (non-hydrogen) atoms. The second-order valence-electron chi connectivity index (χ2n) is 16.0. The van der Waals surface area contributed by atoms with E-state index in [1.807, 2.05) is 0 Å². The van der Waals surface area contributed by atoms with E-state index in [9.17, 15) is 0 Å². The Morgan fingerprint density at radius 2 is 1.11 bits per heavy atom. The number of rotatable bonds is 4. The molecule has 3 heterocycles. The lowest BCUT2D eigenvalue weighted by molar-refractivity contribution is 0.584. The average molecular weight is 731 g/mol. The highest BCUT2D eigenvalue weighted by atomic mass is 15.2. The Labute approximate surface area is 330 Å². The fourth-order valence-corrected chi connectivity index (χ4v) is 9.80. The summed E-state index contributed by atoms with van der Waals surface area (Å²) in [5, 5.41) is 11.5. The van der Waals surface area contributed by atoms with Crippen LogP contribution in [0.4, 0.5) is 0 Å². The molecule has 0 radical (unpaired) electrons. The van der Waals surface area contributed by atoms with Crippen LogP contribution in [0.5, 0.6) is 0 Å². The summed E-state index contributed by atoms with van der Waals surface area (Å²) in [5.74, 6) is 0.882. The Balaban J connectivity index is 1.11. The molecule has 0 amide bonds. The highest BCUT2D eigenvalue weighted by Crippen LogP contribution is 2.53. The Hall–Kier alpha value is -7.17. The Morgan fingerprint density at radius 1 is 0.491 bits per heavy atom. The van der Waals surface area contributed by atoms with Gasteiger partial charge < -0.3 is 14.5 Å². The maximum Gasteiger partial charge on any atom is 0.135 e. The first-order valence-corrected chi connectivity index (χ1v) is 19.8. The summed E-state index contributed by atoms with van der Waals surface area (Å²) in [5.41, 5.74) is 14.0. The van der Waals surface area contributed by atoms with Gasteiger partial charge in [-0.3, -0.25) is 0 Å². The van der Waals surface area contributed by atoms with Crippen LogP contribution in [-0.4, -0.2) is 15.0 Å². The molecule has 0 spiro atoms. The number of nitrogens with one attached hydrogen (secondary N) is 1. The van der Waals surface area contributed by atoms with Gasteiger partial charge >= 0.3 is 0 Å². The van der Waals surface area contributed by atoms with E-state index < -0.39 is 0 Å². The summed E-state index contributed by atoms with van der Waals surface area (Å²) < 4.78 is 4.91. The molecule has 1 unspecified atom stereocenters. The van der Waals surface area contributed by atoms with E-state index in [0.717, 1.165) is 22.8 Å². The molecule has 0 saturated carbocycles. The van der Waals surface area contributed by atoms with Gasteiger partial charge in [0.2, 0.25) is 0 Å². The molecular formula is C53H38N4. The molecule has 1 atom stereocenters. The number of aliphatic imine (C=N–C) groups is 1. The van der Waals surface area contributed by atoms with Crippen LogP contribution in [-0.2, 0) is 5.41 Å². The molecule has 1 aliphatic carbocycles. The van der Waals surface area contributed by atoms with Crippen LogP contribution in [0.3, 0.4) is 0 Å². The highest BCUT2D eigenvalue weighted by molar-refractivity contribution is 6.15. The third-order valence-electron chi connectivity index (χ3n) is 12.5. The van der Waals surface area contributed by atoms with E-state index in [1.165, 1.54) is 82.2 Å². The number of benzene rings is 8. The summed E-state index contributed by atoms with van der Waals surface area (Å²) in [6.07, 6.45) is -0.222. The predicted molar refractivity (Wildman–Crippen MR) is 238 cm³/mol. The van der Waals surface area contributed by atoms with Crippen LogP contribution in [0, 0.1) is 0 Å². The second-order valence-corrected chi connectivity index (χ2v) is 16.0. The number of fused-ring (bicyclic) bond motifs is 9. The summed E-state index contributed by atoms with van der Waals surface area (Å²) in [4.78, 5) is 5.67. The molecule has 0 saturated heterocycles. The van der Waals surface area contributed by atoms with E-state index in [1.54, 1.807) is 0 Å². The van der Waals surface area contributed by atoms with Crippen molar-refractivity contribution in [3.8, 4) is 16.8 Å². The molecule has 10 aromatic rings. The fraction of sp³-hybridized carbons (Fsp3) is 0.0755. The smallest absolute Gasteiger partial charge is 0.135 e. The summed E-state index contributed by atoms with van der Waals surface area (Å²) >= 11 is 0. The van der Waals surface area contributed by atoms with Crippen molar-refractivity contribution in [3.05, 3.63) is 204 Å². The van der Waals surface area contributed by atoms with Crippen LogP contribution in [0.2, 0.25) is 0 Å². The number of para-hydroxylation sites is 3. The molecule has 4 heteroatoms. The van der Waals surface area contributed by atoms with E-state index in [4.69, 9.17) is 4.99 Å². The van der Waals surface area contributed by atoms with Gasteiger partial charge in [0.05, 0.1) is 27.8 Å². The predicted octanol–water partition coefficient (Wildman–Crippen LogP) is 13.0. The zero-order valence-corrected chi connectivity index (χ0v) is 31.7. The van der Waals surface area contributed by atoms with Gasteiger partial charge in [-0.15, -0.1) is 0 Å². The maximum absolute atomic E-state index is 5.67. The number of amidine groups is 1. The number of nitrogens with zero attached hydrogens (tertiary/aromatic N) is 3. The fourth-order valence-electron chi connectivity index (χ4n) is 9.80. The second kappa shape index (κ2) is 11.9. The minimum absolute atomic E-state index is 0.222. The summed E-state index contributed by atoms with van der Waals surface area (Å²) in [6.45, 7) is 4.70. The van der Waals surface area contributed by atoms with Gasteiger partial charge in [0.25, 0.3) is 0 Å². The molecule has 4 nitrogen and oxygen atoms in total. The Kier molecular flexibility index (Phi) is 6.71. The van der Waals surface area contributed by atoms with Gasteiger partial charge in [0.15, 0.2) is 0 Å². The molecule has 0 bridgehead atoms. The van der Waals surface area contributed by atoms with Gasteiger partial charge in [0, 0.05) is 43.8 Å². The third kappa shape index (κ3) is 4.65. The van der Waals surface area contributed by atoms with Crippen molar-refractivity contribution >= 4 is 65.8 Å². The lowest BCUT2D eigenvalue weighted by Gasteiger charge is -2.32. The van der Waals surface area contributed by atoms with Gasteiger partial charge in [-0.25, -0.2) is 4.99 Å². The first kappa shape index (κ1) is 32.1. The van der Waals surface area contributed by atoms with E-state index in [0.29, 0.717) is 0 Å². The van der Waals surface area contributed by atoms with E-state index in [2.05, 4.69) is 210 Å². The number of allylic oxidation sites excluding steroid dienone is 1. The number of aromatic nitrogens is 2. The molecule has 0 fully saturated rings. The summed E-state index contributed by atoms with van der Waals surface area (Å²) in [6, 6.07) is 66.3. The van der Waals surface area contributed by atoms with Crippen LogP contribution in [0.25, 0.3) is 76.8 Å². The van der Waals surface area contributed by atoms with Crippen molar-refractivity contribution in [3.63, 3.8) is 0 Å². The standard InChI is InChI=1S/C53H38N4/c1-53(2)44-31-36(33-15-5-3-6-16-33)25-27-41(44)49-50(53)54-51(37-26-28-47-42(30-37)39-21-11-13-23-45(39)56(47)38-19-7-4-8-20-38)55-52(49)57-46-24-14-12-22-40(46)43-29-34-17-9-10-18-35(34)32-48(43)57/h3-32,52H,1-2H3,(H,54,55). The molecular weight excluding hydrogens is 693 g/mol. The first-order chi connectivity index (χ1) is 28.0. The molecule has 270 valence electrons. The van der Waals surface area contributed by atoms with Gasteiger partial charge in [-0.05, 0) is 93.7 Å². The monoisotopic (exact) mass is 730 g/mol. The number of hydrogen-bond acceptors (Lipinski definition) is 2. The summed E-state index contributed by atoms with van der Waals surface area (Å²) in [7, 11) is 0. The Bertz CT molecular complexity index is 3340. The maximum atomic E-state index is 5.67. The van der Waals surface area contributed by atoms with Crippen molar-refractivity contribution in [2.75, 3.05) is 0 Å². The van der Waals surface area contributed by atoms with E-state index >= 15 is 0 Å². The molecule has 1 N–H and O–H groups in total. The van der Waals surface area contributed by atoms with Crippen molar-refractivity contribution in [2.45, 2.75) is 25.4 Å². The molecule has 1 aliphatic heterocycles. The SMILES string of the molecule is CC1(C)C2=C(c3ccc(-c4ccccc4)cc31)C(n1c3ccccc3c3cc4ccccc4cc31)NC(c1ccc3c(c1)c1ccccc1n3-c1ccccc1)=N2. The van der Waals surface area contributed by atoms with Crippen molar-refractivity contribution < 1.29 is 0 Å². The quantitative estimate of drug-likeness (QED) is 0.192. The topological polar surface area (TPSA) is 34.2 Å². The molecule has 8 aromatic carbocycles. The minimum Gasteiger partial charge on any atom is -0.345 e. The minimum atomic E-state index is -0.347. The Morgan fingerprint density at radius 3 is 1.89 bits per heavy atom. The van der Waals surface area contributed by atoms with Gasteiger partial charge in [-0.2, -0.15) is 0 Å². The molecule has 2 aromatic heterocycles. The molecule has 2 aliphatic rings. The van der Waals surface area contributed by atoms with Gasteiger partial charge in [0.1, 0.15) is 12.0 Å². The van der Waals surface area contributed by atoms with E-state index in [-0.39, 0.29) is 11.6 Å². The lowest BCUT2D eigenvalue weighted by Crippen LogP contribution is -2.37. The normalized spacial score (nSPS) is 16.0. The van der Waals surface area contributed by atoms with Crippen molar-refractivity contribution in [2.24, 2.45) is 4.99 Å². The van der Waals surface area contributed by atoms with Crippen LogP contribution < -0.4 is 5.32 Å². The largest absolute Gasteiger partial charge is 0.345 e. The number of hydrogen-bond donors (Lipinski definition) is 1. The van der Waals surface area contributed by atoms with Crippen molar-refractivity contribution in [1.29, 1.82) is 0 Å². The van der Waals surface area contributed by atoms with Gasteiger partial charge in [-0.1, -0.05) is 135 Å². The first-order valence-electron chi connectivity index (χ1n) is 19.8. The van der Waals surface area contributed by atoms with Crippen molar-refractivity contribution in [1.82, 2.24) is 14.5 Å².